The molecule has 1 aliphatic carbocycles. The Morgan fingerprint density at radius 3 is 2.54 bits per heavy atom. The number of thiocarbonyl (C=S) groups is 1. The zero-order chi connectivity index (χ0) is 26.5. The second kappa shape index (κ2) is 9.22. The van der Waals surface area contributed by atoms with Gasteiger partial charge in [0, 0.05) is 19.0 Å². The number of alkyl halides is 4. The van der Waals surface area contributed by atoms with E-state index >= 15 is 0 Å². The molecule has 1 aromatic carbocycles. The van der Waals surface area contributed by atoms with E-state index in [0.717, 1.165) is 29.1 Å². The van der Waals surface area contributed by atoms with Crippen LogP contribution in [0.25, 0.3) is 0 Å². The first-order valence-corrected chi connectivity index (χ1v) is 12.2. The Morgan fingerprint density at radius 1 is 1.22 bits per heavy atom. The van der Waals surface area contributed by atoms with Crippen LogP contribution >= 0.6 is 12.2 Å². The average molecular weight is 534 g/mol. The lowest BCUT2D eigenvalue weighted by Gasteiger charge is -2.45. The maximum absolute atomic E-state index is 14.3. The Labute approximate surface area is 216 Å². The average Bonchev–Trinajstić information content (AvgIpc) is 3.12. The number of carbonyl (C=O) groups excluding carboxylic acids is 1. The number of halogens is 4. The number of benzene rings is 1. The van der Waals surface area contributed by atoms with Gasteiger partial charge in [-0.05, 0) is 68.4 Å². The van der Waals surface area contributed by atoms with Crippen LogP contribution in [0.15, 0.2) is 36.4 Å². The van der Waals surface area contributed by atoms with Crippen LogP contribution in [-0.4, -0.2) is 58.9 Å². The summed E-state index contributed by atoms with van der Waals surface area (Å²) < 4.78 is 59.7. The summed E-state index contributed by atoms with van der Waals surface area (Å²) in [7, 11) is 1.87. The quantitative estimate of drug-likeness (QED) is 0.471. The van der Waals surface area contributed by atoms with Gasteiger partial charge in [0.2, 0.25) is 0 Å². The third kappa shape index (κ3) is 4.40. The highest BCUT2D eigenvalue weighted by atomic mass is 32.1. The molecule has 2 aromatic rings. The number of pyridine rings is 1. The highest BCUT2D eigenvalue weighted by Crippen LogP contribution is 2.50. The summed E-state index contributed by atoms with van der Waals surface area (Å²) in [5.41, 5.74) is -2.22. The summed E-state index contributed by atoms with van der Waals surface area (Å²) in [6.07, 6.45) is -4.62. The second-order valence-corrected chi connectivity index (χ2v) is 9.99. The molecule has 37 heavy (non-hydrogen) atoms. The number of piperidine rings is 1. The molecule has 1 amide bonds. The van der Waals surface area contributed by atoms with Gasteiger partial charge in [0.25, 0.3) is 5.91 Å². The number of nitrogens with zero attached hydrogens (tertiary/aromatic N) is 4. The van der Waals surface area contributed by atoms with Crippen molar-refractivity contribution in [1.29, 1.82) is 5.26 Å². The molecule has 1 spiro atoms. The van der Waals surface area contributed by atoms with Gasteiger partial charge in [-0.1, -0.05) is 12.1 Å². The number of amides is 1. The summed E-state index contributed by atoms with van der Waals surface area (Å²) in [6.45, 7) is 1.07. The molecular formula is C25H23F4N5O2S. The molecule has 194 valence electrons. The first-order valence-electron chi connectivity index (χ1n) is 11.8. The zero-order valence-electron chi connectivity index (χ0n) is 19.8. The van der Waals surface area contributed by atoms with E-state index < -0.39 is 41.2 Å². The van der Waals surface area contributed by atoms with Gasteiger partial charge in [-0.2, -0.15) is 18.4 Å². The molecule has 1 N–H and O–H groups in total. The second-order valence-electron chi connectivity index (χ2n) is 9.60. The van der Waals surface area contributed by atoms with E-state index in [2.05, 4.69) is 10.3 Å². The van der Waals surface area contributed by atoms with Crippen LogP contribution < -0.4 is 15.0 Å². The van der Waals surface area contributed by atoms with Crippen molar-refractivity contribution in [2.45, 2.75) is 49.2 Å². The number of ether oxygens (including phenoxy) is 1. The van der Waals surface area contributed by atoms with Crippen molar-refractivity contribution in [2.75, 3.05) is 25.0 Å². The summed E-state index contributed by atoms with van der Waals surface area (Å²) in [6, 6.07) is 10.4. The van der Waals surface area contributed by atoms with Crippen LogP contribution in [0.5, 0.6) is 5.75 Å². The largest absolute Gasteiger partial charge is 0.487 e. The maximum Gasteiger partial charge on any atom is 0.419 e. The third-order valence-electron chi connectivity index (χ3n) is 7.32. The van der Waals surface area contributed by atoms with Crippen molar-refractivity contribution in [2.24, 2.45) is 0 Å². The van der Waals surface area contributed by atoms with Gasteiger partial charge in [0.05, 0.1) is 5.56 Å². The van der Waals surface area contributed by atoms with Crippen molar-refractivity contribution in [3.05, 3.63) is 53.2 Å². The number of hydrogen-bond acceptors (Lipinski definition) is 6. The Balaban J connectivity index is 1.34. The number of hydrogen-bond donors (Lipinski definition) is 1. The van der Waals surface area contributed by atoms with Gasteiger partial charge in [-0.15, -0.1) is 0 Å². The van der Waals surface area contributed by atoms with E-state index in [-0.39, 0.29) is 16.8 Å². The zero-order valence-corrected chi connectivity index (χ0v) is 20.6. The standard InChI is InChI=1S/C25H23F4N5O2S/c1-33-11-9-20(18(26)13-33)36-15-4-2-14(3-5-15)16-8-10-24(16)22(35)34(23(37)32-24)21-7-6-17(25(27,28)29)19(12-30)31-21/h2-7,16,18,20H,8-11,13H2,1H3,(H,32,37). The van der Waals surface area contributed by atoms with E-state index in [1.807, 2.05) is 24.1 Å². The fraction of sp³-hybridized carbons (Fsp3) is 0.440. The number of nitrogens with one attached hydrogen (secondary N) is 1. The van der Waals surface area contributed by atoms with Crippen molar-refractivity contribution in [1.82, 2.24) is 15.2 Å². The first kappa shape index (κ1) is 25.4. The van der Waals surface area contributed by atoms with Crippen LogP contribution in [-0.2, 0) is 11.0 Å². The normalized spacial score (nSPS) is 28.1. The summed E-state index contributed by atoms with van der Waals surface area (Å²) in [4.78, 5) is 20.3. The topological polar surface area (TPSA) is 81.5 Å². The van der Waals surface area contributed by atoms with Crippen LogP contribution in [0.2, 0.25) is 0 Å². The highest BCUT2D eigenvalue weighted by Gasteiger charge is 2.60. The van der Waals surface area contributed by atoms with Crippen LogP contribution in [0.3, 0.4) is 0 Å². The molecule has 2 saturated heterocycles. The molecule has 7 nitrogen and oxygen atoms in total. The van der Waals surface area contributed by atoms with Gasteiger partial charge >= 0.3 is 6.18 Å². The fourth-order valence-electron chi connectivity index (χ4n) is 5.24. The van der Waals surface area contributed by atoms with Crippen molar-refractivity contribution >= 4 is 29.1 Å². The molecule has 3 aliphatic rings. The molecule has 4 atom stereocenters. The SMILES string of the molecule is CN1CCC(Oc2ccc(C3CCC34NC(=S)N(c3ccc(C(F)(F)F)c(C#N)n3)C4=O)cc2)C(F)C1. The van der Waals surface area contributed by atoms with Crippen molar-refractivity contribution < 1.29 is 27.1 Å². The maximum atomic E-state index is 14.3. The Kier molecular flexibility index (Phi) is 6.32. The minimum absolute atomic E-state index is 0.0158. The van der Waals surface area contributed by atoms with E-state index in [1.54, 1.807) is 12.1 Å². The predicted molar refractivity (Wildman–Crippen MR) is 130 cm³/mol. The molecule has 0 radical (unpaired) electrons. The molecule has 1 aromatic heterocycles. The summed E-state index contributed by atoms with van der Waals surface area (Å²) in [5, 5.41) is 12.3. The lowest BCUT2D eigenvalue weighted by atomic mass is 9.63. The Bertz CT molecular complexity index is 1280. The fourth-order valence-corrected chi connectivity index (χ4v) is 5.60. The van der Waals surface area contributed by atoms with Gasteiger partial charge in [-0.3, -0.25) is 4.79 Å². The lowest BCUT2D eigenvalue weighted by molar-refractivity contribution is -0.138. The number of carbonyl (C=O) groups is 1. The first-order chi connectivity index (χ1) is 17.5. The molecule has 2 aliphatic heterocycles. The molecule has 12 heteroatoms. The predicted octanol–water partition coefficient (Wildman–Crippen LogP) is 3.93. The molecule has 3 heterocycles. The summed E-state index contributed by atoms with van der Waals surface area (Å²) >= 11 is 5.36. The number of anilines is 1. The molecule has 0 bridgehead atoms. The number of nitriles is 1. The Morgan fingerprint density at radius 2 is 1.95 bits per heavy atom. The smallest absolute Gasteiger partial charge is 0.419 e. The number of rotatable bonds is 4. The minimum atomic E-state index is -4.75. The monoisotopic (exact) mass is 533 g/mol. The van der Waals surface area contributed by atoms with Gasteiger partial charge in [0.15, 0.2) is 10.8 Å². The van der Waals surface area contributed by atoms with Gasteiger partial charge in [-0.25, -0.2) is 14.3 Å². The van der Waals surface area contributed by atoms with Crippen LogP contribution in [0, 0.1) is 11.3 Å². The highest BCUT2D eigenvalue weighted by molar-refractivity contribution is 7.80. The summed E-state index contributed by atoms with van der Waals surface area (Å²) in [5.74, 6) is -0.289. The van der Waals surface area contributed by atoms with E-state index in [4.69, 9.17) is 17.0 Å². The van der Waals surface area contributed by atoms with Crippen molar-refractivity contribution in [3.8, 4) is 11.8 Å². The van der Waals surface area contributed by atoms with E-state index in [9.17, 15) is 27.6 Å². The molecule has 4 unspecified atom stereocenters. The lowest BCUT2D eigenvalue weighted by Crippen LogP contribution is -2.58. The molecule has 5 rings (SSSR count). The van der Waals surface area contributed by atoms with Crippen LogP contribution in [0.4, 0.5) is 23.4 Å². The van der Waals surface area contributed by atoms with Gasteiger partial charge < -0.3 is 15.0 Å². The molecule has 3 fully saturated rings. The van der Waals surface area contributed by atoms with Gasteiger partial charge in [0.1, 0.15) is 35.5 Å². The number of aromatic nitrogens is 1. The Hall–Kier alpha value is -3.30. The third-order valence-corrected chi connectivity index (χ3v) is 7.60. The van der Waals surface area contributed by atoms with Crippen LogP contribution in [0.1, 0.15) is 42.0 Å². The molecular weight excluding hydrogens is 510 g/mol. The van der Waals surface area contributed by atoms with Crippen molar-refractivity contribution in [3.63, 3.8) is 0 Å². The number of likely N-dealkylation sites (tertiary alicyclic amines) is 1. The molecule has 1 saturated carbocycles. The minimum Gasteiger partial charge on any atom is -0.487 e. The van der Waals surface area contributed by atoms with E-state index in [0.29, 0.717) is 31.6 Å². The van der Waals surface area contributed by atoms with E-state index in [1.165, 1.54) is 6.07 Å².